The summed E-state index contributed by atoms with van der Waals surface area (Å²) >= 11 is 0. The lowest BCUT2D eigenvalue weighted by molar-refractivity contribution is -0.193. The van der Waals surface area contributed by atoms with Crippen molar-refractivity contribution in [3.63, 3.8) is 0 Å². The van der Waals surface area contributed by atoms with Crippen molar-refractivity contribution in [1.29, 1.82) is 0 Å². The number of aliphatic carboxylic acids is 2. The van der Waals surface area contributed by atoms with E-state index in [4.69, 9.17) is 24.5 Å². The summed E-state index contributed by atoms with van der Waals surface area (Å²) in [6.07, 6.45) is -1.17. The van der Waals surface area contributed by atoms with Gasteiger partial charge in [0.25, 0.3) is 0 Å². The summed E-state index contributed by atoms with van der Waals surface area (Å²) in [4.78, 5) is 32.1. The molecular weight excluding hydrogens is 514 g/mol. The Labute approximate surface area is 209 Å². The first kappa shape index (κ1) is 30.5. The summed E-state index contributed by atoms with van der Waals surface area (Å²) in [5.74, 6) is -3.48. The number of hydrogen-bond donors (Lipinski definition) is 2. The van der Waals surface area contributed by atoms with Crippen molar-refractivity contribution in [1.82, 2.24) is 14.9 Å². The van der Waals surface area contributed by atoms with Crippen LogP contribution >= 0.6 is 0 Å². The van der Waals surface area contributed by atoms with E-state index in [0.717, 1.165) is 58.2 Å². The number of rotatable bonds is 3. The Morgan fingerprint density at radius 1 is 0.892 bits per heavy atom. The first-order chi connectivity index (χ1) is 17.3. The molecule has 4 heterocycles. The van der Waals surface area contributed by atoms with Gasteiger partial charge in [-0.15, -0.1) is 0 Å². The molecule has 0 saturated carbocycles. The Kier molecular flexibility index (Phi) is 11.3. The fraction of sp³-hybridized carbons (Fsp3) is 0.727. The molecule has 3 aliphatic rings. The maximum Gasteiger partial charge on any atom is 0.490 e. The molecule has 3 aliphatic heterocycles. The Morgan fingerprint density at radius 3 is 1.92 bits per heavy atom. The van der Waals surface area contributed by atoms with Crippen molar-refractivity contribution >= 4 is 17.8 Å². The van der Waals surface area contributed by atoms with Gasteiger partial charge in [0.15, 0.2) is 0 Å². The molecule has 2 N–H and O–H groups in total. The van der Waals surface area contributed by atoms with Crippen LogP contribution in [-0.2, 0) is 27.2 Å². The summed E-state index contributed by atoms with van der Waals surface area (Å²) < 4.78 is 69.0. The second kappa shape index (κ2) is 13.7. The first-order valence-corrected chi connectivity index (χ1v) is 11.8. The third kappa shape index (κ3) is 10.3. The second-order valence-corrected chi connectivity index (χ2v) is 8.78. The van der Waals surface area contributed by atoms with E-state index in [1.807, 2.05) is 0 Å². The largest absolute Gasteiger partial charge is 0.490 e. The van der Waals surface area contributed by atoms with E-state index in [-0.39, 0.29) is 0 Å². The molecule has 0 aromatic carbocycles. The van der Waals surface area contributed by atoms with Gasteiger partial charge in [-0.05, 0) is 38.0 Å². The van der Waals surface area contributed by atoms with E-state index in [9.17, 15) is 26.3 Å². The van der Waals surface area contributed by atoms with E-state index in [2.05, 4.69) is 19.8 Å². The van der Waals surface area contributed by atoms with E-state index in [1.165, 1.54) is 49.3 Å². The fourth-order valence-electron chi connectivity index (χ4n) is 4.23. The topological polar surface area (TPSA) is 116 Å². The van der Waals surface area contributed by atoms with Crippen LogP contribution in [0.15, 0.2) is 6.33 Å². The third-order valence-electron chi connectivity index (χ3n) is 6.10. The smallest absolute Gasteiger partial charge is 0.475 e. The van der Waals surface area contributed by atoms with Crippen LogP contribution in [0.4, 0.5) is 32.2 Å². The lowest BCUT2D eigenvalue weighted by Crippen LogP contribution is -2.34. The zero-order chi connectivity index (χ0) is 27.6. The molecule has 15 heteroatoms. The van der Waals surface area contributed by atoms with Gasteiger partial charge >= 0.3 is 24.3 Å². The molecule has 0 bridgehead atoms. The molecule has 1 aromatic heterocycles. The number of ether oxygens (including phenoxy) is 1. The van der Waals surface area contributed by atoms with Crippen LogP contribution in [0.2, 0.25) is 0 Å². The highest BCUT2D eigenvalue weighted by Gasteiger charge is 2.38. The van der Waals surface area contributed by atoms with E-state index in [1.54, 1.807) is 6.33 Å². The van der Waals surface area contributed by atoms with Crippen molar-refractivity contribution < 1.29 is 50.9 Å². The molecule has 4 rings (SSSR count). The predicted octanol–water partition coefficient (Wildman–Crippen LogP) is 3.17. The van der Waals surface area contributed by atoms with Crippen LogP contribution in [0.3, 0.4) is 0 Å². The normalized spacial score (nSPS) is 19.0. The number of aromatic nitrogens is 2. The number of carboxylic acids is 2. The first-order valence-electron chi connectivity index (χ1n) is 11.8. The molecule has 0 aliphatic carbocycles. The van der Waals surface area contributed by atoms with Crippen LogP contribution in [0.5, 0.6) is 0 Å². The number of carbonyl (C=O) groups is 2. The number of hydrogen-bond acceptors (Lipinski definition) is 7. The highest BCUT2D eigenvalue weighted by atomic mass is 19.4. The highest BCUT2D eigenvalue weighted by molar-refractivity contribution is 5.73. The maximum absolute atomic E-state index is 10.6. The number of fused-ring (bicyclic) bond motifs is 1. The minimum Gasteiger partial charge on any atom is -0.475 e. The molecular formula is C22H30F6N4O5. The minimum absolute atomic E-state index is 0.814. The molecule has 2 fully saturated rings. The van der Waals surface area contributed by atoms with Crippen molar-refractivity contribution in [3.05, 3.63) is 17.6 Å². The number of anilines is 1. The molecule has 1 aromatic rings. The number of alkyl halides is 6. The second-order valence-electron chi connectivity index (χ2n) is 8.78. The lowest BCUT2D eigenvalue weighted by Gasteiger charge is -2.28. The average Bonchev–Trinajstić information content (AvgIpc) is 3.28. The molecule has 0 atom stereocenters. The molecule has 9 nitrogen and oxygen atoms in total. The summed E-state index contributed by atoms with van der Waals surface area (Å²) in [6, 6.07) is 0. The molecule has 210 valence electrons. The Morgan fingerprint density at radius 2 is 1.41 bits per heavy atom. The van der Waals surface area contributed by atoms with Gasteiger partial charge in [0.1, 0.15) is 12.1 Å². The van der Waals surface area contributed by atoms with Crippen molar-refractivity contribution in [3.8, 4) is 0 Å². The van der Waals surface area contributed by atoms with Crippen LogP contribution in [-0.4, -0.2) is 95.3 Å². The molecule has 0 unspecified atom stereocenters. The van der Waals surface area contributed by atoms with Gasteiger partial charge in [0, 0.05) is 57.9 Å². The van der Waals surface area contributed by atoms with Gasteiger partial charge in [-0.25, -0.2) is 19.6 Å². The number of nitrogens with zero attached hydrogens (tertiary/aromatic N) is 4. The van der Waals surface area contributed by atoms with Gasteiger partial charge in [0.05, 0.1) is 5.69 Å². The average molecular weight is 544 g/mol. The molecule has 0 amide bonds. The van der Waals surface area contributed by atoms with Crippen LogP contribution in [0.25, 0.3) is 0 Å². The van der Waals surface area contributed by atoms with Crippen molar-refractivity contribution in [2.75, 3.05) is 50.8 Å². The zero-order valence-corrected chi connectivity index (χ0v) is 20.0. The van der Waals surface area contributed by atoms with E-state index >= 15 is 0 Å². The van der Waals surface area contributed by atoms with E-state index < -0.39 is 24.3 Å². The van der Waals surface area contributed by atoms with Crippen molar-refractivity contribution in [2.45, 2.75) is 50.9 Å². The van der Waals surface area contributed by atoms with Gasteiger partial charge in [0.2, 0.25) is 0 Å². The SMILES string of the molecule is O=C(O)C(F)(F)F.O=C(O)C(F)(F)F.c1nc2c(c(N3CCCC3)n1)CCN(CC1CCOCC1)CC2. The van der Waals surface area contributed by atoms with Crippen LogP contribution in [0.1, 0.15) is 36.9 Å². The quantitative estimate of drug-likeness (QED) is 0.554. The third-order valence-corrected chi connectivity index (χ3v) is 6.10. The zero-order valence-electron chi connectivity index (χ0n) is 20.0. The summed E-state index contributed by atoms with van der Waals surface area (Å²) in [6.45, 7) is 7.74. The molecule has 2 saturated heterocycles. The Bertz CT molecular complexity index is 863. The van der Waals surface area contributed by atoms with Crippen LogP contribution in [0, 0.1) is 5.92 Å². The standard InChI is InChI=1S/C18H28N4O.2C2HF3O2/c1-2-8-22(7-1)18-16-3-9-21(10-4-17(16)19-14-20-18)13-15-5-11-23-12-6-15;2*3-2(4,5)1(6)7/h14-15H,1-13H2;2*(H,6,7). The molecule has 0 radical (unpaired) electrons. The van der Waals surface area contributed by atoms with Gasteiger partial charge in [-0.1, -0.05) is 0 Å². The van der Waals surface area contributed by atoms with E-state index in [0.29, 0.717) is 0 Å². The highest BCUT2D eigenvalue weighted by Crippen LogP contribution is 2.27. The molecule has 37 heavy (non-hydrogen) atoms. The number of carboxylic acid groups (broad SMARTS) is 2. The monoisotopic (exact) mass is 544 g/mol. The van der Waals surface area contributed by atoms with Gasteiger partial charge in [-0.2, -0.15) is 26.3 Å². The Balaban J connectivity index is 0.000000286. The van der Waals surface area contributed by atoms with Crippen LogP contribution < -0.4 is 4.90 Å². The summed E-state index contributed by atoms with van der Waals surface area (Å²) in [5, 5.41) is 14.2. The fourth-order valence-corrected chi connectivity index (χ4v) is 4.23. The van der Waals surface area contributed by atoms with Gasteiger partial charge < -0.3 is 24.7 Å². The summed E-state index contributed by atoms with van der Waals surface area (Å²) in [5.41, 5.74) is 2.71. The van der Waals surface area contributed by atoms with Gasteiger partial charge in [-0.3, -0.25) is 0 Å². The summed E-state index contributed by atoms with van der Waals surface area (Å²) in [7, 11) is 0. The number of halogens is 6. The lowest BCUT2D eigenvalue weighted by atomic mass is 9.99. The molecule has 0 spiro atoms. The predicted molar refractivity (Wildman–Crippen MR) is 118 cm³/mol. The van der Waals surface area contributed by atoms with Crippen molar-refractivity contribution in [2.24, 2.45) is 5.92 Å². The Hall–Kier alpha value is -2.68. The minimum atomic E-state index is -5.08. The maximum atomic E-state index is 10.6.